The molecule has 26 heavy (non-hydrogen) atoms. The van der Waals surface area contributed by atoms with Crippen molar-refractivity contribution in [3.8, 4) is 11.4 Å². The molecule has 1 aliphatic rings. The second-order valence-corrected chi connectivity index (χ2v) is 6.86. The van der Waals surface area contributed by atoms with Crippen LogP contribution in [0, 0.1) is 0 Å². The molecule has 1 saturated heterocycles. The predicted octanol–water partition coefficient (Wildman–Crippen LogP) is 4.41. The third-order valence-electron chi connectivity index (χ3n) is 4.62. The molecular weight excluding hydrogens is 350 g/mol. The molecule has 0 bridgehead atoms. The van der Waals surface area contributed by atoms with Crippen LogP contribution in [-0.4, -0.2) is 34.0 Å². The predicted molar refractivity (Wildman–Crippen MR) is 99.1 cm³/mol. The highest BCUT2D eigenvalue weighted by Crippen LogP contribution is 2.28. The number of rotatable bonds is 3. The molecular formula is C20H18ClN3O2. The molecule has 0 unspecified atom stereocenters. The third kappa shape index (κ3) is 3.48. The lowest BCUT2D eigenvalue weighted by molar-refractivity contribution is 0.0695. The largest absolute Gasteiger partial charge is 0.339 e. The van der Waals surface area contributed by atoms with Crippen LogP contribution < -0.4 is 0 Å². The molecule has 1 atom stereocenters. The second kappa shape index (κ2) is 7.30. The Bertz CT molecular complexity index is 893. The Hall–Kier alpha value is -2.66. The maximum Gasteiger partial charge on any atom is 0.253 e. The first kappa shape index (κ1) is 16.8. The number of carbonyl (C=O) groups is 1. The van der Waals surface area contributed by atoms with Gasteiger partial charge in [-0.1, -0.05) is 47.1 Å². The smallest absolute Gasteiger partial charge is 0.253 e. The first-order valence-corrected chi connectivity index (χ1v) is 9.02. The molecule has 0 aliphatic carbocycles. The van der Waals surface area contributed by atoms with E-state index in [-0.39, 0.29) is 11.8 Å². The first-order chi connectivity index (χ1) is 12.7. The average Bonchev–Trinajstić information content (AvgIpc) is 3.19. The fourth-order valence-corrected chi connectivity index (χ4v) is 3.37. The van der Waals surface area contributed by atoms with Gasteiger partial charge >= 0.3 is 0 Å². The van der Waals surface area contributed by atoms with Crippen molar-refractivity contribution < 1.29 is 9.32 Å². The van der Waals surface area contributed by atoms with Gasteiger partial charge in [0.05, 0.1) is 5.92 Å². The van der Waals surface area contributed by atoms with E-state index in [1.807, 2.05) is 35.2 Å². The van der Waals surface area contributed by atoms with E-state index in [9.17, 15) is 4.79 Å². The van der Waals surface area contributed by atoms with E-state index < -0.39 is 0 Å². The minimum absolute atomic E-state index is 0.00849. The van der Waals surface area contributed by atoms with Crippen molar-refractivity contribution in [2.24, 2.45) is 0 Å². The highest BCUT2D eigenvalue weighted by atomic mass is 35.5. The topological polar surface area (TPSA) is 59.2 Å². The van der Waals surface area contributed by atoms with Crippen molar-refractivity contribution in [3.63, 3.8) is 0 Å². The monoisotopic (exact) mass is 367 g/mol. The minimum Gasteiger partial charge on any atom is -0.339 e. The summed E-state index contributed by atoms with van der Waals surface area (Å²) in [7, 11) is 0. The van der Waals surface area contributed by atoms with Crippen molar-refractivity contribution in [3.05, 3.63) is 71.1 Å². The van der Waals surface area contributed by atoms with Gasteiger partial charge in [-0.3, -0.25) is 4.79 Å². The number of benzene rings is 2. The molecule has 4 rings (SSSR count). The maximum absolute atomic E-state index is 12.7. The Labute approximate surface area is 156 Å². The van der Waals surface area contributed by atoms with E-state index in [0.717, 1.165) is 24.9 Å². The average molecular weight is 368 g/mol. The van der Waals surface area contributed by atoms with Crippen molar-refractivity contribution >= 4 is 17.5 Å². The molecule has 0 radical (unpaired) electrons. The molecule has 132 valence electrons. The van der Waals surface area contributed by atoms with E-state index in [1.54, 1.807) is 24.3 Å². The Balaban J connectivity index is 1.49. The Morgan fingerprint density at radius 2 is 1.88 bits per heavy atom. The molecule has 0 N–H and O–H groups in total. The van der Waals surface area contributed by atoms with Gasteiger partial charge in [-0.25, -0.2) is 0 Å². The summed E-state index contributed by atoms with van der Waals surface area (Å²) in [5.74, 6) is 1.25. The molecule has 5 nitrogen and oxygen atoms in total. The first-order valence-electron chi connectivity index (χ1n) is 8.64. The molecule has 2 aromatic carbocycles. The zero-order valence-corrected chi connectivity index (χ0v) is 14.9. The summed E-state index contributed by atoms with van der Waals surface area (Å²) in [6.07, 6.45) is 1.84. The highest BCUT2D eigenvalue weighted by molar-refractivity contribution is 6.30. The van der Waals surface area contributed by atoms with E-state index in [1.165, 1.54) is 0 Å². The molecule has 2 heterocycles. The summed E-state index contributed by atoms with van der Waals surface area (Å²) in [6.45, 7) is 1.32. The summed E-state index contributed by atoms with van der Waals surface area (Å²) < 4.78 is 5.49. The van der Waals surface area contributed by atoms with Gasteiger partial charge in [-0.15, -0.1) is 0 Å². The Morgan fingerprint density at radius 1 is 1.12 bits per heavy atom. The molecule has 1 aliphatic heterocycles. The van der Waals surface area contributed by atoms with E-state index in [4.69, 9.17) is 16.1 Å². The van der Waals surface area contributed by atoms with Crippen molar-refractivity contribution in [2.45, 2.75) is 18.8 Å². The van der Waals surface area contributed by atoms with Crippen LogP contribution in [0.4, 0.5) is 0 Å². The van der Waals surface area contributed by atoms with Gasteiger partial charge in [0.25, 0.3) is 5.91 Å². The fraction of sp³-hybridized carbons (Fsp3) is 0.250. The number of amides is 1. The van der Waals surface area contributed by atoms with Crippen LogP contribution in [0.3, 0.4) is 0 Å². The Kier molecular flexibility index (Phi) is 4.71. The number of halogens is 1. The molecule has 1 fully saturated rings. The zero-order valence-electron chi connectivity index (χ0n) is 14.1. The highest BCUT2D eigenvalue weighted by Gasteiger charge is 2.29. The van der Waals surface area contributed by atoms with Crippen LogP contribution in [-0.2, 0) is 0 Å². The van der Waals surface area contributed by atoms with Gasteiger partial charge in [-0.05, 0) is 37.1 Å². The summed E-state index contributed by atoms with van der Waals surface area (Å²) >= 11 is 5.91. The summed E-state index contributed by atoms with van der Waals surface area (Å²) in [5, 5.41) is 4.72. The maximum atomic E-state index is 12.7. The van der Waals surface area contributed by atoms with Crippen molar-refractivity contribution in [2.75, 3.05) is 13.1 Å². The number of likely N-dealkylation sites (tertiary alicyclic amines) is 1. The summed E-state index contributed by atoms with van der Waals surface area (Å²) in [4.78, 5) is 19.1. The van der Waals surface area contributed by atoms with E-state index in [0.29, 0.717) is 28.8 Å². The lowest BCUT2D eigenvalue weighted by Crippen LogP contribution is -2.39. The molecule has 3 aromatic rings. The molecule has 6 heteroatoms. The van der Waals surface area contributed by atoms with Crippen LogP contribution in [0.15, 0.2) is 59.1 Å². The van der Waals surface area contributed by atoms with Crippen LogP contribution in [0.2, 0.25) is 5.02 Å². The lowest BCUT2D eigenvalue weighted by atomic mass is 9.97. The number of carbonyl (C=O) groups excluding carboxylic acids is 1. The number of piperidine rings is 1. The number of hydrogen-bond donors (Lipinski definition) is 0. The SMILES string of the molecule is O=C(c1ccc(Cl)cc1)N1CCC[C@H](c2nc(-c3ccccc3)no2)C1. The van der Waals surface area contributed by atoms with Crippen LogP contribution in [0.1, 0.15) is 35.0 Å². The molecule has 0 saturated carbocycles. The Morgan fingerprint density at radius 3 is 2.65 bits per heavy atom. The van der Waals surface area contributed by atoms with E-state index >= 15 is 0 Å². The number of nitrogens with zero attached hydrogens (tertiary/aromatic N) is 3. The molecule has 1 aromatic heterocycles. The second-order valence-electron chi connectivity index (χ2n) is 6.42. The van der Waals surface area contributed by atoms with Crippen molar-refractivity contribution in [1.82, 2.24) is 15.0 Å². The van der Waals surface area contributed by atoms with Crippen LogP contribution in [0.25, 0.3) is 11.4 Å². The van der Waals surface area contributed by atoms with Crippen LogP contribution in [0.5, 0.6) is 0 Å². The van der Waals surface area contributed by atoms with Gasteiger partial charge < -0.3 is 9.42 Å². The molecule has 1 amide bonds. The van der Waals surface area contributed by atoms with Gasteiger partial charge in [-0.2, -0.15) is 4.98 Å². The van der Waals surface area contributed by atoms with Crippen molar-refractivity contribution in [1.29, 1.82) is 0 Å². The summed E-state index contributed by atoms with van der Waals surface area (Å²) in [6, 6.07) is 16.7. The van der Waals surface area contributed by atoms with Gasteiger partial charge in [0.1, 0.15) is 0 Å². The van der Waals surface area contributed by atoms with Gasteiger partial charge in [0.2, 0.25) is 11.7 Å². The zero-order chi connectivity index (χ0) is 17.9. The standard InChI is InChI=1S/C20H18ClN3O2/c21-17-10-8-15(9-11-17)20(25)24-12-4-7-16(13-24)19-22-18(23-26-19)14-5-2-1-3-6-14/h1-3,5-6,8-11,16H,4,7,12-13H2/t16-/m0/s1. The van der Waals surface area contributed by atoms with Crippen LogP contribution >= 0.6 is 11.6 Å². The minimum atomic E-state index is 0.00849. The number of aromatic nitrogens is 2. The lowest BCUT2D eigenvalue weighted by Gasteiger charge is -2.31. The van der Waals surface area contributed by atoms with Gasteiger partial charge in [0.15, 0.2) is 0 Å². The quantitative estimate of drug-likeness (QED) is 0.688. The summed E-state index contributed by atoms with van der Waals surface area (Å²) in [5.41, 5.74) is 1.57. The van der Waals surface area contributed by atoms with Gasteiger partial charge in [0, 0.05) is 29.2 Å². The fourth-order valence-electron chi connectivity index (χ4n) is 3.24. The third-order valence-corrected chi connectivity index (χ3v) is 4.87. The number of hydrogen-bond acceptors (Lipinski definition) is 4. The van der Waals surface area contributed by atoms with E-state index in [2.05, 4.69) is 10.1 Å². The molecule has 0 spiro atoms. The normalized spacial score (nSPS) is 17.3.